The molecule has 0 spiro atoms. The van der Waals surface area contributed by atoms with E-state index in [9.17, 15) is 9.59 Å². The Balaban J connectivity index is 2.26. The Bertz CT molecular complexity index is 489. The molecule has 1 aromatic heterocycles. The summed E-state index contributed by atoms with van der Waals surface area (Å²) in [7, 11) is 0. The normalized spacial score (nSPS) is 27.3. The highest BCUT2D eigenvalue weighted by Gasteiger charge is 2.45. The second-order valence-corrected chi connectivity index (χ2v) is 5.15. The molecule has 1 N–H and O–H groups in total. The third-order valence-electron chi connectivity index (χ3n) is 3.76. The van der Waals surface area contributed by atoms with Crippen molar-refractivity contribution in [2.24, 2.45) is 0 Å². The Morgan fingerprint density at radius 1 is 1.47 bits per heavy atom. The van der Waals surface area contributed by atoms with Crippen molar-refractivity contribution in [2.45, 2.75) is 45.3 Å². The molecule has 0 radical (unpaired) electrons. The average molecular weight is 261 g/mol. The first-order valence-electron chi connectivity index (χ1n) is 6.50. The molecule has 1 aliphatic heterocycles. The van der Waals surface area contributed by atoms with Crippen LogP contribution in [0.1, 0.15) is 32.8 Å². The molecule has 1 aromatic rings. The van der Waals surface area contributed by atoms with Gasteiger partial charge < -0.3 is 10.2 Å². The topological polar surface area (TPSA) is 62.3 Å². The lowest BCUT2D eigenvalue weighted by atomic mass is 9.92. The number of nitrogens with one attached hydrogen (secondary N) is 1. The number of rotatable bonds is 3. The van der Waals surface area contributed by atoms with Gasteiger partial charge in [0.25, 0.3) is 0 Å². The summed E-state index contributed by atoms with van der Waals surface area (Å²) in [6.07, 6.45) is 3.98. The Hall–Kier alpha value is -1.91. The lowest BCUT2D eigenvalue weighted by Gasteiger charge is -2.43. The number of hydrogen-bond acceptors (Lipinski definition) is 3. The Labute approximate surface area is 113 Å². The highest BCUT2D eigenvalue weighted by atomic mass is 16.2. The van der Waals surface area contributed by atoms with Crippen LogP contribution in [0.2, 0.25) is 0 Å². The highest BCUT2D eigenvalue weighted by molar-refractivity contribution is 5.99. The van der Waals surface area contributed by atoms with Gasteiger partial charge in [-0.3, -0.25) is 14.6 Å². The first-order chi connectivity index (χ1) is 8.98. The third-order valence-corrected chi connectivity index (χ3v) is 3.76. The largest absolute Gasteiger partial charge is 0.340 e. The number of nitrogens with zero attached hydrogens (tertiary/aromatic N) is 2. The van der Waals surface area contributed by atoms with Gasteiger partial charge in [0.2, 0.25) is 11.8 Å². The summed E-state index contributed by atoms with van der Waals surface area (Å²) in [5, 5.41) is 2.81. The fraction of sp³-hybridized carbons (Fsp3) is 0.500. The maximum Gasteiger partial charge on any atom is 0.249 e. The third kappa shape index (κ3) is 2.45. The Kier molecular flexibility index (Phi) is 3.55. The molecule has 0 aliphatic carbocycles. The summed E-state index contributed by atoms with van der Waals surface area (Å²) in [6, 6.07) is 3.28. The number of piperazine rings is 1. The smallest absolute Gasteiger partial charge is 0.249 e. The summed E-state index contributed by atoms with van der Waals surface area (Å²) in [4.78, 5) is 30.2. The summed E-state index contributed by atoms with van der Waals surface area (Å²) < 4.78 is 0. The van der Waals surface area contributed by atoms with Crippen molar-refractivity contribution in [2.75, 3.05) is 0 Å². The lowest BCUT2D eigenvalue weighted by molar-refractivity contribution is -0.154. The van der Waals surface area contributed by atoms with Crippen molar-refractivity contribution in [3.8, 4) is 0 Å². The van der Waals surface area contributed by atoms with Crippen LogP contribution in [-0.4, -0.2) is 33.3 Å². The monoisotopic (exact) mass is 261 g/mol. The number of pyridine rings is 1. The molecule has 5 nitrogen and oxygen atoms in total. The van der Waals surface area contributed by atoms with Gasteiger partial charge in [-0.05, 0) is 31.9 Å². The van der Waals surface area contributed by atoms with Gasteiger partial charge in [0.05, 0.1) is 0 Å². The number of aromatic nitrogens is 1. The minimum Gasteiger partial charge on any atom is -0.340 e. The molecule has 2 unspecified atom stereocenters. The first-order valence-corrected chi connectivity index (χ1v) is 6.50. The SMILES string of the molecule is CCC1(C)NC(=O)C(C)N(Cc2cccnc2)C1=O. The fourth-order valence-corrected chi connectivity index (χ4v) is 2.20. The molecule has 1 aliphatic rings. The van der Waals surface area contributed by atoms with Crippen molar-refractivity contribution in [1.82, 2.24) is 15.2 Å². The molecule has 0 bridgehead atoms. The lowest BCUT2D eigenvalue weighted by Crippen LogP contribution is -2.68. The van der Waals surface area contributed by atoms with Gasteiger partial charge in [-0.25, -0.2) is 0 Å². The van der Waals surface area contributed by atoms with Crippen LogP contribution < -0.4 is 5.32 Å². The molecule has 0 saturated carbocycles. The molecule has 2 amide bonds. The van der Waals surface area contributed by atoms with Crippen LogP contribution in [-0.2, 0) is 16.1 Å². The zero-order valence-electron chi connectivity index (χ0n) is 11.5. The first kappa shape index (κ1) is 13.5. The number of hydrogen-bond donors (Lipinski definition) is 1. The molecular weight excluding hydrogens is 242 g/mol. The Morgan fingerprint density at radius 2 is 2.21 bits per heavy atom. The van der Waals surface area contributed by atoms with Crippen LogP contribution in [0, 0.1) is 0 Å². The molecular formula is C14H19N3O2. The molecule has 19 heavy (non-hydrogen) atoms. The molecule has 102 valence electrons. The van der Waals surface area contributed by atoms with Crippen LogP contribution in [0.5, 0.6) is 0 Å². The zero-order chi connectivity index (χ0) is 14.0. The van der Waals surface area contributed by atoms with E-state index in [1.165, 1.54) is 0 Å². The molecule has 1 fully saturated rings. The van der Waals surface area contributed by atoms with Crippen molar-refractivity contribution in [1.29, 1.82) is 0 Å². The number of carbonyl (C=O) groups excluding carboxylic acids is 2. The summed E-state index contributed by atoms with van der Waals surface area (Å²) in [5.41, 5.74) is 0.127. The number of carbonyl (C=O) groups is 2. The van der Waals surface area contributed by atoms with Crippen LogP contribution in [0.15, 0.2) is 24.5 Å². The maximum atomic E-state index is 12.5. The van der Waals surface area contributed by atoms with Crippen molar-refractivity contribution in [3.63, 3.8) is 0 Å². The molecule has 1 saturated heterocycles. The van der Waals surface area contributed by atoms with Gasteiger partial charge in [0.1, 0.15) is 11.6 Å². The fourth-order valence-electron chi connectivity index (χ4n) is 2.20. The van der Waals surface area contributed by atoms with Gasteiger partial charge in [-0.2, -0.15) is 0 Å². The second-order valence-electron chi connectivity index (χ2n) is 5.15. The van der Waals surface area contributed by atoms with Gasteiger partial charge in [0, 0.05) is 18.9 Å². The zero-order valence-corrected chi connectivity index (χ0v) is 11.5. The van der Waals surface area contributed by atoms with E-state index in [0.717, 1.165) is 5.56 Å². The van der Waals surface area contributed by atoms with E-state index in [4.69, 9.17) is 0 Å². The van der Waals surface area contributed by atoms with Gasteiger partial charge in [0.15, 0.2) is 0 Å². The maximum absolute atomic E-state index is 12.5. The van der Waals surface area contributed by atoms with E-state index in [-0.39, 0.29) is 11.8 Å². The minimum absolute atomic E-state index is 0.0362. The molecule has 2 rings (SSSR count). The van der Waals surface area contributed by atoms with E-state index >= 15 is 0 Å². The quantitative estimate of drug-likeness (QED) is 0.886. The molecule has 5 heteroatoms. The van der Waals surface area contributed by atoms with E-state index in [1.54, 1.807) is 31.1 Å². The van der Waals surface area contributed by atoms with Crippen molar-refractivity contribution < 1.29 is 9.59 Å². The van der Waals surface area contributed by atoms with E-state index in [0.29, 0.717) is 13.0 Å². The predicted octanol–water partition coefficient (Wildman–Crippen LogP) is 1.10. The van der Waals surface area contributed by atoms with Gasteiger partial charge >= 0.3 is 0 Å². The molecule has 2 heterocycles. The van der Waals surface area contributed by atoms with E-state index in [2.05, 4.69) is 10.3 Å². The summed E-state index contributed by atoms with van der Waals surface area (Å²) >= 11 is 0. The molecule has 0 aromatic carbocycles. The standard InChI is InChI=1S/C14H19N3O2/c1-4-14(3)13(19)17(10(2)12(18)16-14)9-11-6-5-7-15-8-11/h5-8,10H,4,9H2,1-3H3,(H,16,18). The van der Waals surface area contributed by atoms with Gasteiger partial charge in [-0.15, -0.1) is 0 Å². The van der Waals surface area contributed by atoms with Crippen molar-refractivity contribution >= 4 is 11.8 Å². The molecule has 2 atom stereocenters. The Morgan fingerprint density at radius 3 is 2.79 bits per heavy atom. The predicted molar refractivity (Wildman–Crippen MR) is 71.1 cm³/mol. The van der Waals surface area contributed by atoms with Crippen LogP contribution >= 0.6 is 0 Å². The minimum atomic E-state index is -0.800. The van der Waals surface area contributed by atoms with Gasteiger partial charge in [-0.1, -0.05) is 13.0 Å². The second kappa shape index (κ2) is 4.99. The number of amides is 2. The van der Waals surface area contributed by atoms with Crippen molar-refractivity contribution in [3.05, 3.63) is 30.1 Å². The van der Waals surface area contributed by atoms with Crippen LogP contribution in [0.4, 0.5) is 0 Å². The van der Waals surface area contributed by atoms with Crippen LogP contribution in [0.3, 0.4) is 0 Å². The average Bonchev–Trinajstić information content (AvgIpc) is 2.42. The van der Waals surface area contributed by atoms with Crippen LogP contribution in [0.25, 0.3) is 0 Å². The summed E-state index contributed by atoms with van der Waals surface area (Å²) in [6.45, 7) is 5.83. The summed E-state index contributed by atoms with van der Waals surface area (Å²) in [5.74, 6) is -0.140. The van der Waals surface area contributed by atoms with E-state index < -0.39 is 11.6 Å². The highest BCUT2D eigenvalue weighted by Crippen LogP contribution is 2.22. The van der Waals surface area contributed by atoms with E-state index in [1.807, 2.05) is 19.1 Å².